The summed E-state index contributed by atoms with van der Waals surface area (Å²) in [7, 11) is 0. The molecule has 0 radical (unpaired) electrons. The van der Waals surface area contributed by atoms with Crippen molar-refractivity contribution in [1.29, 1.82) is 0 Å². The number of anilines is 2. The Hall–Kier alpha value is -5.14. The Balaban J connectivity index is 1.00. The second-order valence-electron chi connectivity index (χ2n) is 10.9. The zero-order valence-corrected chi connectivity index (χ0v) is 25.8. The van der Waals surface area contributed by atoms with Gasteiger partial charge in [-0.2, -0.15) is 0 Å². The molecule has 0 amide bonds. The molecule has 0 unspecified atom stereocenters. The first-order chi connectivity index (χ1) is 22.2. The predicted molar refractivity (Wildman–Crippen MR) is 179 cm³/mol. The molecule has 0 N–H and O–H groups in total. The van der Waals surface area contributed by atoms with Crippen LogP contribution in [0.3, 0.4) is 0 Å². The van der Waals surface area contributed by atoms with Gasteiger partial charge in [-0.3, -0.25) is 0 Å². The number of hydrogen-bond acceptors (Lipinski definition) is 7. The van der Waals surface area contributed by atoms with Crippen molar-refractivity contribution < 1.29 is 13.8 Å². The fourth-order valence-corrected chi connectivity index (χ4v) is 5.35. The van der Waals surface area contributed by atoms with Gasteiger partial charge in [0.1, 0.15) is 24.6 Å². The molecule has 0 atom stereocenters. The van der Waals surface area contributed by atoms with E-state index in [9.17, 15) is 0 Å². The first-order valence-corrected chi connectivity index (χ1v) is 15.5. The largest absolute Gasteiger partial charge is 0.367 e. The zero-order valence-electron chi connectivity index (χ0n) is 25.8. The molecule has 228 valence electrons. The van der Waals surface area contributed by atoms with E-state index in [0.29, 0.717) is 11.5 Å². The van der Waals surface area contributed by atoms with Gasteiger partial charge in [0.25, 0.3) is 0 Å². The maximum Gasteiger partial charge on any atom is 0.163 e. The van der Waals surface area contributed by atoms with Crippen LogP contribution in [-0.2, 0) is 31.0 Å². The van der Waals surface area contributed by atoms with Crippen molar-refractivity contribution in [3.8, 4) is 22.5 Å². The lowest BCUT2D eigenvalue weighted by atomic mass is 10.1. The zero-order chi connectivity index (χ0) is 30.8. The van der Waals surface area contributed by atoms with Gasteiger partial charge in [0.05, 0.1) is 0 Å². The molecule has 0 aliphatic heterocycles. The van der Waals surface area contributed by atoms with Crippen LogP contribution in [0.15, 0.2) is 130 Å². The molecule has 6 aromatic rings. The van der Waals surface area contributed by atoms with Crippen molar-refractivity contribution in [1.82, 2.24) is 10.3 Å². The summed E-state index contributed by atoms with van der Waals surface area (Å²) in [5.41, 5.74) is 8.48. The highest BCUT2D eigenvalue weighted by molar-refractivity contribution is 5.64. The summed E-state index contributed by atoms with van der Waals surface area (Å²) in [4.78, 5) is 4.69. The first kappa shape index (κ1) is 29.9. The maximum atomic E-state index is 5.87. The second kappa shape index (κ2) is 14.6. The smallest absolute Gasteiger partial charge is 0.163 e. The second-order valence-corrected chi connectivity index (χ2v) is 10.9. The lowest BCUT2D eigenvalue weighted by Crippen LogP contribution is -2.21. The average molecular weight is 599 g/mol. The molecule has 4 aromatic carbocycles. The van der Waals surface area contributed by atoms with Crippen molar-refractivity contribution in [3.05, 3.63) is 144 Å². The lowest BCUT2D eigenvalue weighted by Gasteiger charge is -2.23. The van der Waals surface area contributed by atoms with Crippen LogP contribution in [0.5, 0.6) is 0 Å². The number of ether oxygens (including phenoxy) is 1. The van der Waals surface area contributed by atoms with E-state index in [1.54, 1.807) is 0 Å². The first-order valence-electron chi connectivity index (χ1n) is 15.5. The third kappa shape index (κ3) is 7.69. The third-order valence-corrected chi connectivity index (χ3v) is 7.86. The molecule has 2 heterocycles. The van der Waals surface area contributed by atoms with Gasteiger partial charge in [0.2, 0.25) is 0 Å². The molecule has 0 saturated carbocycles. The average Bonchev–Trinajstić information content (AvgIpc) is 3.78. The fraction of sp³-hybridized carbons (Fsp3) is 0.211. The highest BCUT2D eigenvalue weighted by Gasteiger charge is 2.12. The maximum absolute atomic E-state index is 5.87. The predicted octanol–water partition coefficient (Wildman–Crippen LogP) is 8.77. The van der Waals surface area contributed by atoms with Gasteiger partial charge in [0, 0.05) is 60.8 Å². The molecule has 0 fully saturated rings. The number of hydrogen-bond donors (Lipinski definition) is 0. The minimum atomic E-state index is 0.283. The van der Waals surface area contributed by atoms with Crippen LogP contribution in [0.2, 0.25) is 0 Å². The Labute approximate surface area is 264 Å². The van der Waals surface area contributed by atoms with Crippen LogP contribution in [0, 0.1) is 0 Å². The van der Waals surface area contributed by atoms with Crippen LogP contribution >= 0.6 is 0 Å². The van der Waals surface area contributed by atoms with E-state index in [0.717, 1.165) is 48.7 Å². The summed E-state index contributed by atoms with van der Waals surface area (Å²) in [5.74, 6) is 1.30. The molecule has 6 rings (SSSR count). The van der Waals surface area contributed by atoms with Crippen LogP contribution in [0.4, 0.5) is 11.4 Å². The van der Waals surface area contributed by atoms with E-state index >= 15 is 0 Å². The van der Waals surface area contributed by atoms with Crippen molar-refractivity contribution in [2.75, 3.05) is 22.9 Å². The molecule has 2 aromatic heterocycles. The number of aromatic nitrogens is 2. The molecular weight excluding hydrogens is 560 g/mol. The molecule has 0 bridgehead atoms. The van der Waals surface area contributed by atoms with Crippen LogP contribution in [0.1, 0.15) is 36.5 Å². The SMILES string of the molecule is CCN(Cc1ccccc1)c1ccc(-c2cc(COCc3cc(-c4ccc(N(CC)Cc5ccccc5)cc4)no3)on2)cc1. The Morgan fingerprint density at radius 2 is 0.933 bits per heavy atom. The van der Waals surface area contributed by atoms with Crippen molar-refractivity contribution in [3.63, 3.8) is 0 Å². The standard InChI is InChI=1S/C38H38N4O3/c1-3-41(25-29-11-7-5-8-12-29)33-19-15-31(16-20-33)37-23-35(44-39-37)27-43-28-36-24-38(40-45-36)32-17-21-34(22-18-32)42(4-2)26-30-13-9-6-10-14-30/h5-24H,3-4,25-28H2,1-2H3. The van der Waals surface area contributed by atoms with Crippen molar-refractivity contribution in [2.45, 2.75) is 40.2 Å². The molecule has 0 spiro atoms. The van der Waals surface area contributed by atoms with E-state index in [1.807, 2.05) is 24.3 Å². The van der Waals surface area contributed by atoms with Crippen LogP contribution in [-0.4, -0.2) is 23.4 Å². The van der Waals surface area contributed by atoms with Crippen LogP contribution in [0.25, 0.3) is 22.5 Å². The molecule has 0 saturated heterocycles. The number of nitrogens with zero attached hydrogens (tertiary/aromatic N) is 4. The molecule has 0 aliphatic rings. The molecule has 45 heavy (non-hydrogen) atoms. The van der Waals surface area contributed by atoms with Gasteiger partial charge in [-0.25, -0.2) is 0 Å². The van der Waals surface area contributed by atoms with E-state index in [-0.39, 0.29) is 13.2 Å². The van der Waals surface area contributed by atoms with Crippen LogP contribution < -0.4 is 9.80 Å². The Kier molecular flexibility index (Phi) is 9.68. The van der Waals surface area contributed by atoms with Crippen molar-refractivity contribution in [2.24, 2.45) is 0 Å². The highest BCUT2D eigenvalue weighted by atomic mass is 16.5. The van der Waals surface area contributed by atoms with E-state index < -0.39 is 0 Å². The quantitative estimate of drug-likeness (QED) is 0.124. The normalized spacial score (nSPS) is 11.1. The van der Waals surface area contributed by atoms with Gasteiger partial charge < -0.3 is 23.6 Å². The van der Waals surface area contributed by atoms with E-state index in [1.165, 1.54) is 22.5 Å². The third-order valence-electron chi connectivity index (χ3n) is 7.86. The van der Waals surface area contributed by atoms with Gasteiger partial charge in [-0.05, 0) is 49.2 Å². The fourth-order valence-electron chi connectivity index (χ4n) is 5.35. The summed E-state index contributed by atoms with van der Waals surface area (Å²) >= 11 is 0. The summed E-state index contributed by atoms with van der Waals surface area (Å²) in [6.07, 6.45) is 0. The summed E-state index contributed by atoms with van der Waals surface area (Å²) in [6, 6.07) is 41.7. The Morgan fingerprint density at radius 3 is 1.31 bits per heavy atom. The van der Waals surface area contributed by atoms with Gasteiger partial charge in [0.15, 0.2) is 11.5 Å². The molecule has 0 aliphatic carbocycles. The van der Waals surface area contributed by atoms with Gasteiger partial charge >= 0.3 is 0 Å². The Morgan fingerprint density at radius 1 is 0.533 bits per heavy atom. The highest BCUT2D eigenvalue weighted by Crippen LogP contribution is 2.26. The van der Waals surface area contributed by atoms with Gasteiger partial charge in [-0.15, -0.1) is 0 Å². The number of rotatable bonds is 14. The monoisotopic (exact) mass is 598 g/mol. The van der Waals surface area contributed by atoms with Crippen molar-refractivity contribution >= 4 is 11.4 Å². The summed E-state index contributed by atoms with van der Waals surface area (Å²) < 4.78 is 17.0. The topological polar surface area (TPSA) is 67.8 Å². The lowest BCUT2D eigenvalue weighted by molar-refractivity contribution is 0.0727. The molecule has 7 heteroatoms. The van der Waals surface area contributed by atoms with Gasteiger partial charge in [-0.1, -0.05) is 95.2 Å². The minimum Gasteiger partial charge on any atom is -0.367 e. The summed E-state index contributed by atoms with van der Waals surface area (Å²) in [6.45, 7) is 8.49. The minimum absolute atomic E-state index is 0.283. The number of benzene rings is 4. The molecular formula is C38H38N4O3. The Bertz CT molecular complexity index is 1620. The van der Waals surface area contributed by atoms with E-state index in [4.69, 9.17) is 13.8 Å². The van der Waals surface area contributed by atoms with E-state index in [2.05, 4.69) is 131 Å². The summed E-state index contributed by atoms with van der Waals surface area (Å²) in [5, 5.41) is 8.52. The molecule has 7 nitrogen and oxygen atoms in total.